The summed E-state index contributed by atoms with van der Waals surface area (Å²) in [6.07, 6.45) is 5.86. The van der Waals surface area contributed by atoms with Gasteiger partial charge in [0.2, 0.25) is 0 Å². The van der Waals surface area contributed by atoms with Gasteiger partial charge >= 0.3 is 0 Å². The highest BCUT2D eigenvalue weighted by Gasteiger charge is 2.02. The molecule has 0 aliphatic rings. The monoisotopic (exact) mass is 248 g/mol. The van der Waals surface area contributed by atoms with E-state index < -0.39 is 0 Å². The summed E-state index contributed by atoms with van der Waals surface area (Å²) in [5.74, 6) is 5.95. The van der Waals surface area contributed by atoms with Crippen molar-refractivity contribution in [3.63, 3.8) is 0 Å². The van der Waals surface area contributed by atoms with Gasteiger partial charge in [0, 0.05) is 17.3 Å². The third-order valence-electron chi connectivity index (χ3n) is 1.97. The molecule has 0 N–H and O–H groups in total. The number of thiophene rings is 1. The van der Waals surface area contributed by atoms with Gasteiger partial charge in [-0.15, -0.1) is 11.3 Å². The van der Waals surface area contributed by atoms with Crippen LogP contribution in [-0.4, -0.2) is 9.97 Å². The second kappa shape index (κ2) is 5.11. The lowest BCUT2D eigenvalue weighted by molar-refractivity contribution is 1.17. The van der Waals surface area contributed by atoms with Gasteiger partial charge in [-0.3, -0.25) is 4.98 Å². The maximum absolute atomic E-state index is 6.07. The normalized spacial score (nSPS) is 9.62. The minimum absolute atomic E-state index is 0.655. The van der Waals surface area contributed by atoms with Crippen LogP contribution in [0.15, 0.2) is 24.7 Å². The summed E-state index contributed by atoms with van der Waals surface area (Å²) in [5.41, 5.74) is 1.52. The Morgan fingerprint density at radius 1 is 1.38 bits per heavy atom. The predicted molar refractivity (Wildman–Crippen MR) is 66.7 cm³/mol. The molecule has 16 heavy (non-hydrogen) atoms. The van der Waals surface area contributed by atoms with E-state index in [-0.39, 0.29) is 0 Å². The second-order valence-electron chi connectivity index (χ2n) is 3.09. The largest absolute Gasteiger partial charge is 0.260 e. The molecule has 0 saturated heterocycles. The van der Waals surface area contributed by atoms with Crippen molar-refractivity contribution < 1.29 is 0 Å². The van der Waals surface area contributed by atoms with E-state index in [0.29, 0.717) is 5.69 Å². The zero-order valence-corrected chi connectivity index (χ0v) is 10.3. The molecule has 80 valence electrons. The Morgan fingerprint density at radius 2 is 2.25 bits per heavy atom. The molecule has 0 atom stereocenters. The summed E-state index contributed by atoms with van der Waals surface area (Å²) in [6, 6.07) is 2.02. The fourth-order valence-corrected chi connectivity index (χ4v) is 2.34. The van der Waals surface area contributed by atoms with Crippen molar-refractivity contribution in [3.8, 4) is 11.8 Å². The summed E-state index contributed by atoms with van der Waals surface area (Å²) in [5, 5.41) is 0. The van der Waals surface area contributed by atoms with Crippen LogP contribution in [0.25, 0.3) is 0 Å². The van der Waals surface area contributed by atoms with Gasteiger partial charge in [0.05, 0.1) is 11.8 Å². The molecule has 0 fully saturated rings. The summed E-state index contributed by atoms with van der Waals surface area (Å²) < 4.78 is 0.744. The highest BCUT2D eigenvalue weighted by molar-refractivity contribution is 7.16. The van der Waals surface area contributed by atoms with Crippen LogP contribution in [0.2, 0.25) is 4.34 Å². The molecule has 0 aliphatic heterocycles. The molecule has 2 nitrogen and oxygen atoms in total. The third-order valence-corrected chi connectivity index (χ3v) is 3.48. The molecule has 0 unspecified atom stereocenters. The number of hydrogen-bond acceptors (Lipinski definition) is 3. The predicted octanol–water partition coefficient (Wildman–Crippen LogP) is 3.15. The van der Waals surface area contributed by atoms with Crippen LogP contribution in [-0.2, 0) is 6.42 Å². The SMILES string of the molecule is CCc1cc(C#Cc2cnccn2)c(Cl)s1. The van der Waals surface area contributed by atoms with Crippen LogP contribution in [0.1, 0.15) is 23.1 Å². The first-order valence-corrected chi connectivity index (χ1v) is 6.05. The number of halogens is 1. The first kappa shape index (κ1) is 11.1. The number of aryl methyl sites for hydroxylation is 1. The number of nitrogens with zero attached hydrogens (tertiary/aromatic N) is 2. The van der Waals surface area contributed by atoms with Crippen molar-refractivity contribution in [2.24, 2.45) is 0 Å². The highest BCUT2D eigenvalue weighted by Crippen LogP contribution is 2.27. The lowest BCUT2D eigenvalue weighted by Crippen LogP contribution is -1.81. The van der Waals surface area contributed by atoms with E-state index in [2.05, 4.69) is 28.7 Å². The molecular formula is C12H9ClN2S. The van der Waals surface area contributed by atoms with Gasteiger partial charge in [0.25, 0.3) is 0 Å². The maximum atomic E-state index is 6.07. The maximum Gasteiger partial charge on any atom is 0.131 e. The molecule has 0 spiro atoms. The number of hydrogen-bond donors (Lipinski definition) is 0. The molecule has 0 saturated carbocycles. The zero-order chi connectivity index (χ0) is 11.4. The summed E-state index contributed by atoms with van der Waals surface area (Å²) in [6.45, 7) is 2.10. The molecule has 0 aromatic carbocycles. The van der Waals surface area contributed by atoms with Crippen LogP contribution < -0.4 is 0 Å². The van der Waals surface area contributed by atoms with Crippen molar-refractivity contribution in [2.45, 2.75) is 13.3 Å². The van der Waals surface area contributed by atoms with E-state index in [1.54, 1.807) is 29.9 Å². The van der Waals surface area contributed by atoms with Crippen molar-refractivity contribution in [1.82, 2.24) is 9.97 Å². The fraction of sp³-hybridized carbons (Fsp3) is 0.167. The third kappa shape index (κ3) is 2.60. The van der Waals surface area contributed by atoms with Gasteiger partial charge < -0.3 is 0 Å². The molecule has 2 heterocycles. The molecule has 2 aromatic rings. The quantitative estimate of drug-likeness (QED) is 0.725. The lowest BCUT2D eigenvalue weighted by Gasteiger charge is -1.85. The van der Waals surface area contributed by atoms with E-state index in [1.165, 1.54) is 4.88 Å². The molecule has 4 heteroatoms. The van der Waals surface area contributed by atoms with Gasteiger partial charge in [-0.1, -0.05) is 24.4 Å². The van der Waals surface area contributed by atoms with Crippen molar-refractivity contribution in [3.05, 3.63) is 45.1 Å². The van der Waals surface area contributed by atoms with Crippen LogP contribution in [0, 0.1) is 11.8 Å². The Hall–Kier alpha value is -1.37. The van der Waals surface area contributed by atoms with Crippen molar-refractivity contribution >= 4 is 22.9 Å². The molecule has 0 bridgehead atoms. The first-order chi connectivity index (χ1) is 7.79. The Labute approximate surface area is 103 Å². The van der Waals surface area contributed by atoms with E-state index >= 15 is 0 Å². The van der Waals surface area contributed by atoms with Gasteiger partial charge in [-0.2, -0.15) is 0 Å². The lowest BCUT2D eigenvalue weighted by atomic mass is 10.3. The molecule has 0 aliphatic carbocycles. The van der Waals surface area contributed by atoms with E-state index in [0.717, 1.165) is 16.3 Å². The van der Waals surface area contributed by atoms with Crippen molar-refractivity contribution in [1.29, 1.82) is 0 Å². The molecule has 0 amide bonds. The van der Waals surface area contributed by atoms with Gasteiger partial charge in [-0.25, -0.2) is 4.98 Å². The molecular weight excluding hydrogens is 240 g/mol. The van der Waals surface area contributed by atoms with Gasteiger partial charge in [0.15, 0.2) is 0 Å². The topological polar surface area (TPSA) is 25.8 Å². The van der Waals surface area contributed by atoms with Gasteiger partial charge in [0.1, 0.15) is 10.0 Å². The Morgan fingerprint density at radius 3 is 2.88 bits per heavy atom. The zero-order valence-electron chi connectivity index (χ0n) is 8.70. The second-order valence-corrected chi connectivity index (χ2v) is 4.83. The Bertz CT molecular complexity index is 537. The van der Waals surface area contributed by atoms with E-state index in [9.17, 15) is 0 Å². The average Bonchev–Trinajstić information content (AvgIpc) is 2.69. The minimum Gasteiger partial charge on any atom is -0.260 e. The Balaban J connectivity index is 2.27. The van der Waals surface area contributed by atoms with Crippen LogP contribution in [0.5, 0.6) is 0 Å². The highest BCUT2D eigenvalue weighted by atomic mass is 35.5. The average molecular weight is 249 g/mol. The fourth-order valence-electron chi connectivity index (χ4n) is 1.17. The molecule has 0 radical (unpaired) electrons. The standard InChI is InChI=1S/C12H9ClN2S/c1-2-11-7-9(12(13)16-11)3-4-10-8-14-5-6-15-10/h5-8H,2H2,1H3. The van der Waals surface area contributed by atoms with Crippen LogP contribution in [0.3, 0.4) is 0 Å². The number of rotatable bonds is 1. The smallest absolute Gasteiger partial charge is 0.131 e. The van der Waals surface area contributed by atoms with Crippen LogP contribution >= 0.6 is 22.9 Å². The molecule has 2 rings (SSSR count). The summed E-state index contributed by atoms with van der Waals surface area (Å²) in [4.78, 5) is 9.26. The molecule has 2 aromatic heterocycles. The first-order valence-electron chi connectivity index (χ1n) is 4.86. The van der Waals surface area contributed by atoms with Crippen molar-refractivity contribution in [2.75, 3.05) is 0 Å². The van der Waals surface area contributed by atoms with E-state index in [4.69, 9.17) is 11.6 Å². The number of aromatic nitrogens is 2. The van der Waals surface area contributed by atoms with Gasteiger partial charge in [-0.05, 0) is 18.4 Å². The summed E-state index contributed by atoms with van der Waals surface area (Å²) >= 11 is 7.65. The minimum atomic E-state index is 0.655. The Kier molecular flexibility index (Phi) is 3.55. The van der Waals surface area contributed by atoms with Crippen LogP contribution in [0.4, 0.5) is 0 Å². The van der Waals surface area contributed by atoms with E-state index in [1.807, 2.05) is 6.07 Å². The summed E-state index contributed by atoms with van der Waals surface area (Å²) in [7, 11) is 0.